The first kappa shape index (κ1) is 64.3. The topological polar surface area (TPSA) is 246 Å². The fourth-order valence-electron chi connectivity index (χ4n) is 13.3. The molecule has 0 bridgehead atoms. The molecule has 0 spiro atoms. The molecule has 0 radical (unpaired) electrons. The lowest BCUT2D eigenvalue weighted by Gasteiger charge is -2.13. The first-order valence-electron chi connectivity index (χ1n) is 31.5. The summed E-state index contributed by atoms with van der Waals surface area (Å²) in [5.74, 6) is 0.392. The van der Waals surface area contributed by atoms with Gasteiger partial charge in [0.1, 0.15) is 52.3 Å². The van der Waals surface area contributed by atoms with E-state index < -0.39 is 41.8 Å². The lowest BCUT2D eigenvalue weighted by atomic mass is 9.88. The van der Waals surface area contributed by atoms with Gasteiger partial charge in [0.05, 0.1) is 39.6 Å². The van der Waals surface area contributed by atoms with Crippen molar-refractivity contribution < 1.29 is 86.7 Å². The van der Waals surface area contributed by atoms with E-state index in [9.17, 15) is 33.9 Å². The normalized spacial score (nSPS) is 15.9. The maximum atomic E-state index is 13.0. The smallest absolute Gasteiger partial charge is 0.344 e. The molecule has 100 heavy (non-hydrogen) atoms. The van der Waals surface area contributed by atoms with E-state index in [0.717, 1.165) is 60.3 Å². The van der Waals surface area contributed by atoms with Crippen LogP contribution in [0.3, 0.4) is 0 Å². The molecule has 5 aliphatic rings. The van der Waals surface area contributed by atoms with Crippen LogP contribution in [0.15, 0.2) is 237 Å². The maximum Gasteiger partial charge on any atom is 0.344 e. The van der Waals surface area contributed by atoms with Crippen LogP contribution < -0.4 is 53.1 Å². The Hall–Kier alpha value is -13.1. The highest BCUT2D eigenvalue weighted by atomic mass is 16.6. The predicted molar refractivity (Wildman–Crippen MR) is 369 cm³/mol. The Labute approximate surface area is 570 Å². The summed E-state index contributed by atoms with van der Waals surface area (Å²) in [5.41, 5.74) is 7.78. The second-order valence-electron chi connectivity index (χ2n) is 23.5. The van der Waals surface area contributed by atoms with Gasteiger partial charge in [0, 0.05) is 59.4 Å². The second kappa shape index (κ2) is 26.9. The number of aliphatic carboxylic acids is 1. The van der Waals surface area contributed by atoms with Crippen LogP contribution in [0.25, 0.3) is 43.5 Å². The van der Waals surface area contributed by atoms with Gasteiger partial charge in [-0.15, -0.1) is 0 Å². The molecule has 3 N–H and O–H groups in total. The molecule has 0 saturated heterocycles. The number of rotatable bonds is 11. The van der Waals surface area contributed by atoms with E-state index in [2.05, 4.69) is 0 Å². The van der Waals surface area contributed by atoms with Crippen LogP contribution in [-0.2, 0) is 28.8 Å². The van der Waals surface area contributed by atoms with Crippen molar-refractivity contribution in [3.8, 4) is 57.5 Å². The number of ether oxygens (including phenoxy) is 9. The number of methoxy groups -OCH3 is 4. The molecule has 494 valence electrons. The molecule has 17 rings (SSSR count). The Morgan fingerprint density at radius 3 is 1.22 bits per heavy atom. The van der Waals surface area contributed by atoms with Crippen LogP contribution >= 0.6 is 0 Å². The molecule has 0 fully saturated rings. The summed E-state index contributed by atoms with van der Waals surface area (Å²) in [6.07, 6.45) is -1.41. The molecule has 4 unspecified atom stereocenters. The van der Waals surface area contributed by atoms with Crippen LogP contribution in [0, 0.1) is 0 Å². The van der Waals surface area contributed by atoms with Gasteiger partial charge in [-0.2, -0.15) is 0 Å². The molecule has 18 heteroatoms. The van der Waals surface area contributed by atoms with E-state index in [1.54, 1.807) is 101 Å². The van der Waals surface area contributed by atoms with Crippen molar-refractivity contribution in [3.63, 3.8) is 0 Å². The number of aliphatic hydroxyl groups is 1. The minimum Gasteiger partial charge on any atom is -0.507 e. The fourth-order valence-corrected chi connectivity index (χ4v) is 13.3. The molecule has 0 saturated carbocycles. The number of phenolic OH excluding ortho intramolecular Hbond substituents is 1. The second-order valence-corrected chi connectivity index (χ2v) is 23.5. The molecule has 12 aromatic rings. The van der Waals surface area contributed by atoms with Crippen LogP contribution in [0.4, 0.5) is 0 Å². The van der Waals surface area contributed by atoms with Gasteiger partial charge < -0.3 is 58.0 Å². The minimum atomic E-state index is -1.41. The molecule has 0 amide bonds. The van der Waals surface area contributed by atoms with E-state index in [1.807, 2.05) is 164 Å². The zero-order valence-corrected chi connectivity index (χ0v) is 53.8. The number of carbonyl (C=O) groups excluding carboxylic acids is 5. The Morgan fingerprint density at radius 1 is 0.360 bits per heavy atom. The molecule has 4 atom stereocenters. The number of carbonyl (C=O) groups is 6. The summed E-state index contributed by atoms with van der Waals surface area (Å²) in [6.45, 7) is 0. The van der Waals surface area contributed by atoms with Gasteiger partial charge in [-0.1, -0.05) is 182 Å². The first-order chi connectivity index (χ1) is 48.7. The molecular weight excluding hydrogens is 1270 g/mol. The molecule has 5 aliphatic heterocycles. The van der Waals surface area contributed by atoms with E-state index in [1.165, 1.54) is 0 Å². The Morgan fingerprint density at radius 2 is 0.750 bits per heavy atom. The summed E-state index contributed by atoms with van der Waals surface area (Å²) < 4.78 is 49.8. The SMILES string of the molecule is COc1ccc(C2=c3ccc4c5c(ccc4c3OC2=O)=C(c2ccccc2)C(=O)O5)cc1OC.COc1ccc(C2C(=O)Oc3c2ccc2c4c(ccc32)C(c2ccccc2)C(=O)O4)cc1OC.O=C(O)C(O)c1ccccc1.O=C1Oc2c(ccc3c(O)cccc23)C1c1ccccc1. The summed E-state index contributed by atoms with van der Waals surface area (Å²) in [4.78, 5) is 74.0. The van der Waals surface area contributed by atoms with Crippen LogP contribution in [0.2, 0.25) is 0 Å². The van der Waals surface area contributed by atoms with Crippen molar-refractivity contribution in [2.45, 2.75) is 23.9 Å². The standard InChI is InChI=1S/C28H20O6.C28H18O6.C18H12O3.C8H8O3/c2*1-31-21-13-8-16(14-22(21)32-2)24-20-12-10-17-18(26(20)34-28(24)30)9-11-19-23(27(29)33-25(17)19)15-6-4-3-5-7-15;19-15-8-4-7-13-12(15)9-10-14-16(18(20)21-17(13)14)11-5-2-1-3-6-11;9-7(8(10)11)6-4-2-1-3-5-6/h3-14,23-24H,1-2H3;3-14H,1-2H3;1-10,16,19H;1-5,7,9H,(H,10,11). The molecule has 5 heterocycles. The third kappa shape index (κ3) is 11.5. The van der Waals surface area contributed by atoms with Gasteiger partial charge in [0.2, 0.25) is 0 Å². The largest absolute Gasteiger partial charge is 0.507 e. The lowest BCUT2D eigenvalue weighted by Crippen LogP contribution is -2.11. The van der Waals surface area contributed by atoms with E-state index in [4.69, 9.17) is 52.8 Å². The summed E-state index contributed by atoms with van der Waals surface area (Å²) in [7, 11) is 6.22. The summed E-state index contributed by atoms with van der Waals surface area (Å²) >= 11 is 0. The van der Waals surface area contributed by atoms with Gasteiger partial charge in [0.25, 0.3) is 0 Å². The van der Waals surface area contributed by atoms with Gasteiger partial charge in [-0.05, 0) is 88.0 Å². The summed E-state index contributed by atoms with van der Waals surface area (Å²) in [5, 5.41) is 33.0. The van der Waals surface area contributed by atoms with Crippen LogP contribution in [0.5, 0.6) is 57.5 Å². The Kier molecular flexibility index (Phi) is 17.3. The zero-order valence-electron chi connectivity index (χ0n) is 53.8. The Bertz CT molecular complexity index is 5460. The predicted octanol–water partition coefficient (Wildman–Crippen LogP) is 12.5. The van der Waals surface area contributed by atoms with E-state index in [0.29, 0.717) is 95.4 Å². The average Bonchev–Trinajstić information content (AvgIpc) is 1.58. The molecular formula is C82H58O18. The van der Waals surface area contributed by atoms with Crippen molar-refractivity contribution in [1.82, 2.24) is 0 Å². The van der Waals surface area contributed by atoms with Crippen molar-refractivity contribution >= 4 is 79.3 Å². The highest BCUT2D eigenvalue weighted by Crippen LogP contribution is 2.51. The fraction of sp³-hybridized carbons (Fsp3) is 0.0976. The number of fused-ring (bicyclic) bond motifs is 13. The Balaban J connectivity index is 0.000000121. The number of benzene rings is 12. The van der Waals surface area contributed by atoms with Crippen molar-refractivity contribution in [3.05, 3.63) is 297 Å². The molecule has 12 aromatic carbocycles. The van der Waals surface area contributed by atoms with Gasteiger partial charge in [0.15, 0.2) is 29.1 Å². The third-order valence-electron chi connectivity index (χ3n) is 18.0. The van der Waals surface area contributed by atoms with Crippen LogP contribution in [0.1, 0.15) is 73.9 Å². The van der Waals surface area contributed by atoms with E-state index in [-0.39, 0.29) is 23.7 Å². The van der Waals surface area contributed by atoms with Crippen LogP contribution in [-0.4, -0.2) is 79.6 Å². The number of aliphatic hydroxyl groups excluding tert-OH is 1. The number of hydrogen-bond donors (Lipinski definition) is 3. The number of aromatic hydroxyl groups is 1. The van der Waals surface area contributed by atoms with Gasteiger partial charge in [-0.25, -0.2) is 14.4 Å². The minimum absolute atomic E-state index is 0.189. The monoisotopic (exact) mass is 1330 g/mol. The highest BCUT2D eigenvalue weighted by molar-refractivity contribution is 6.23. The number of esters is 5. The quantitative estimate of drug-likeness (QED) is 0.0804. The number of carboxylic acid groups (broad SMARTS) is 1. The van der Waals surface area contributed by atoms with Crippen molar-refractivity contribution in [2.75, 3.05) is 28.4 Å². The van der Waals surface area contributed by atoms with Gasteiger partial charge in [-0.3, -0.25) is 14.4 Å². The van der Waals surface area contributed by atoms with Crippen molar-refractivity contribution in [2.24, 2.45) is 0 Å². The third-order valence-corrected chi connectivity index (χ3v) is 18.0. The van der Waals surface area contributed by atoms with Crippen molar-refractivity contribution in [1.29, 1.82) is 0 Å². The molecule has 18 nitrogen and oxygen atoms in total. The maximum absolute atomic E-state index is 13.0. The highest BCUT2D eigenvalue weighted by Gasteiger charge is 2.41. The average molecular weight is 1330 g/mol. The van der Waals surface area contributed by atoms with E-state index >= 15 is 0 Å². The summed E-state index contributed by atoms with van der Waals surface area (Å²) in [6, 6.07) is 71.4. The number of phenols is 1. The lowest BCUT2D eigenvalue weighted by molar-refractivity contribution is -0.147. The number of carboxylic acids is 1. The zero-order chi connectivity index (χ0) is 69.5. The van der Waals surface area contributed by atoms with Gasteiger partial charge >= 0.3 is 35.8 Å². The first-order valence-corrected chi connectivity index (χ1v) is 31.5. The number of hydrogen-bond acceptors (Lipinski definition) is 17. The molecule has 0 aromatic heterocycles. The molecule has 0 aliphatic carbocycles.